The zero-order valence-corrected chi connectivity index (χ0v) is 10.3. The molecule has 0 bridgehead atoms. The van der Waals surface area contributed by atoms with Crippen LogP contribution >= 0.6 is 11.6 Å². The SMILES string of the molecule is CC[Si](CC)(CC)CCOCCl. The lowest BCUT2D eigenvalue weighted by atomic mass is 10.8. The van der Waals surface area contributed by atoms with E-state index in [4.69, 9.17) is 16.3 Å². The van der Waals surface area contributed by atoms with Gasteiger partial charge in [-0.3, -0.25) is 0 Å². The molecule has 0 saturated carbocycles. The molecule has 3 heteroatoms. The van der Waals surface area contributed by atoms with Crippen molar-refractivity contribution in [2.45, 2.75) is 44.9 Å². The van der Waals surface area contributed by atoms with Crippen molar-refractivity contribution in [3.63, 3.8) is 0 Å². The van der Waals surface area contributed by atoms with E-state index in [9.17, 15) is 0 Å². The van der Waals surface area contributed by atoms with Gasteiger partial charge < -0.3 is 4.74 Å². The van der Waals surface area contributed by atoms with E-state index >= 15 is 0 Å². The van der Waals surface area contributed by atoms with Crippen molar-refractivity contribution in [2.75, 3.05) is 12.7 Å². The zero-order chi connectivity index (χ0) is 9.45. The molecule has 0 N–H and O–H groups in total. The second kappa shape index (κ2) is 6.93. The Hall–Kier alpha value is 0.467. The highest BCUT2D eigenvalue weighted by atomic mass is 35.5. The van der Waals surface area contributed by atoms with Gasteiger partial charge in [-0.25, -0.2) is 0 Å². The number of hydrogen-bond donors (Lipinski definition) is 0. The Labute approximate surface area is 82.5 Å². The number of hydrogen-bond acceptors (Lipinski definition) is 1. The average molecular weight is 209 g/mol. The second-order valence-electron chi connectivity index (χ2n) is 3.33. The molecule has 0 aliphatic heterocycles. The van der Waals surface area contributed by atoms with Crippen LogP contribution in [0.4, 0.5) is 0 Å². The Morgan fingerprint density at radius 1 is 1.08 bits per heavy atom. The van der Waals surface area contributed by atoms with E-state index in [2.05, 4.69) is 20.8 Å². The zero-order valence-electron chi connectivity index (χ0n) is 8.53. The van der Waals surface area contributed by atoms with Crippen molar-refractivity contribution in [3.8, 4) is 0 Å². The lowest BCUT2D eigenvalue weighted by molar-refractivity contribution is 0.194. The van der Waals surface area contributed by atoms with Crippen LogP contribution in [0.15, 0.2) is 0 Å². The predicted octanol–water partition coefficient (Wildman–Crippen LogP) is 3.71. The fourth-order valence-electron chi connectivity index (χ4n) is 1.62. The Morgan fingerprint density at radius 2 is 1.58 bits per heavy atom. The summed E-state index contributed by atoms with van der Waals surface area (Å²) < 4.78 is 5.19. The van der Waals surface area contributed by atoms with Crippen LogP contribution in [0.3, 0.4) is 0 Å². The van der Waals surface area contributed by atoms with Crippen LogP contribution in [0.25, 0.3) is 0 Å². The molecule has 0 atom stereocenters. The van der Waals surface area contributed by atoms with Gasteiger partial charge in [0.25, 0.3) is 0 Å². The van der Waals surface area contributed by atoms with Crippen molar-refractivity contribution in [2.24, 2.45) is 0 Å². The average Bonchev–Trinajstić information content (AvgIpc) is 2.14. The maximum atomic E-state index is 5.45. The first kappa shape index (κ1) is 12.5. The monoisotopic (exact) mass is 208 g/mol. The van der Waals surface area contributed by atoms with Gasteiger partial charge in [0.2, 0.25) is 0 Å². The Kier molecular flexibility index (Phi) is 7.20. The molecule has 0 saturated heterocycles. The van der Waals surface area contributed by atoms with Crippen molar-refractivity contribution in [3.05, 3.63) is 0 Å². The highest BCUT2D eigenvalue weighted by molar-refractivity contribution is 6.79. The van der Waals surface area contributed by atoms with Gasteiger partial charge in [-0.15, -0.1) is 0 Å². The summed E-state index contributed by atoms with van der Waals surface area (Å²) in [5, 5.41) is 0. The van der Waals surface area contributed by atoms with E-state index in [1.165, 1.54) is 24.2 Å². The lowest BCUT2D eigenvalue weighted by Gasteiger charge is -2.27. The molecule has 12 heavy (non-hydrogen) atoms. The Bertz CT molecular complexity index is 96.4. The topological polar surface area (TPSA) is 9.23 Å². The summed E-state index contributed by atoms with van der Waals surface area (Å²) in [4.78, 5) is 0. The quantitative estimate of drug-likeness (QED) is 0.352. The van der Waals surface area contributed by atoms with Gasteiger partial charge in [0, 0.05) is 6.61 Å². The van der Waals surface area contributed by atoms with Gasteiger partial charge in [-0.05, 0) is 6.04 Å². The van der Waals surface area contributed by atoms with E-state index in [1.807, 2.05) is 0 Å². The maximum absolute atomic E-state index is 5.45. The number of ether oxygens (including phenoxy) is 1. The van der Waals surface area contributed by atoms with Crippen LogP contribution in [0, 0.1) is 0 Å². The van der Waals surface area contributed by atoms with Gasteiger partial charge in [-0.2, -0.15) is 0 Å². The van der Waals surface area contributed by atoms with Gasteiger partial charge in [-0.1, -0.05) is 50.5 Å². The molecule has 0 radical (unpaired) electrons. The third-order valence-electron chi connectivity index (χ3n) is 3.10. The Balaban J connectivity index is 3.76. The molecule has 0 aromatic rings. The normalized spacial score (nSPS) is 12.0. The van der Waals surface area contributed by atoms with Crippen LogP contribution in [-0.2, 0) is 4.74 Å². The first-order valence-corrected chi connectivity index (χ1v) is 8.24. The third-order valence-corrected chi connectivity index (χ3v) is 9.02. The van der Waals surface area contributed by atoms with Gasteiger partial charge in [0.1, 0.15) is 6.07 Å². The summed E-state index contributed by atoms with van der Waals surface area (Å²) in [7, 11) is -0.938. The third kappa shape index (κ3) is 3.92. The molecule has 0 spiro atoms. The van der Waals surface area contributed by atoms with Crippen molar-refractivity contribution >= 4 is 19.7 Å². The first-order chi connectivity index (χ1) is 5.74. The second-order valence-corrected chi connectivity index (χ2v) is 9.17. The molecule has 1 nitrogen and oxygen atoms in total. The number of halogens is 1. The molecule has 0 rings (SSSR count). The largest absolute Gasteiger partial charge is 0.366 e. The van der Waals surface area contributed by atoms with Crippen LogP contribution in [-0.4, -0.2) is 20.7 Å². The molecule has 0 aliphatic carbocycles. The van der Waals surface area contributed by atoms with Gasteiger partial charge in [0.15, 0.2) is 0 Å². The minimum Gasteiger partial charge on any atom is -0.366 e. The van der Waals surface area contributed by atoms with Crippen molar-refractivity contribution in [1.82, 2.24) is 0 Å². The van der Waals surface area contributed by atoms with Crippen LogP contribution < -0.4 is 0 Å². The van der Waals surface area contributed by atoms with E-state index < -0.39 is 8.07 Å². The fourth-order valence-corrected chi connectivity index (χ4v) is 4.87. The predicted molar refractivity (Wildman–Crippen MR) is 58.7 cm³/mol. The fraction of sp³-hybridized carbons (Fsp3) is 1.00. The van der Waals surface area contributed by atoms with Crippen LogP contribution in [0.2, 0.25) is 24.2 Å². The summed E-state index contributed by atoms with van der Waals surface area (Å²) in [6.45, 7) is 7.82. The summed E-state index contributed by atoms with van der Waals surface area (Å²) in [5.41, 5.74) is 0. The van der Waals surface area contributed by atoms with Crippen molar-refractivity contribution < 1.29 is 4.74 Å². The first-order valence-electron chi connectivity index (χ1n) is 4.88. The van der Waals surface area contributed by atoms with E-state index in [0.717, 1.165) is 6.61 Å². The smallest absolute Gasteiger partial charge is 0.120 e. The molecule has 0 heterocycles. The molecular weight excluding hydrogens is 188 g/mol. The summed E-state index contributed by atoms with van der Waals surface area (Å²) in [6.07, 6.45) is 0. The number of alkyl halides is 1. The van der Waals surface area contributed by atoms with Crippen LogP contribution in [0.5, 0.6) is 0 Å². The Morgan fingerprint density at radius 3 is 1.92 bits per heavy atom. The van der Waals surface area contributed by atoms with E-state index in [1.54, 1.807) is 0 Å². The summed E-state index contributed by atoms with van der Waals surface area (Å²) >= 11 is 5.45. The van der Waals surface area contributed by atoms with E-state index in [-0.39, 0.29) is 0 Å². The summed E-state index contributed by atoms with van der Waals surface area (Å²) in [6, 6.07) is 5.77. The van der Waals surface area contributed by atoms with E-state index in [0.29, 0.717) is 6.07 Å². The van der Waals surface area contributed by atoms with Crippen molar-refractivity contribution in [1.29, 1.82) is 0 Å². The highest BCUT2D eigenvalue weighted by Crippen LogP contribution is 2.24. The molecule has 0 amide bonds. The molecule has 0 aromatic heterocycles. The number of rotatable bonds is 7. The van der Waals surface area contributed by atoms with Crippen LogP contribution in [0.1, 0.15) is 20.8 Å². The van der Waals surface area contributed by atoms with Gasteiger partial charge in [0.05, 0.1) is 8.07 Å². The molecule has 74 valence electrons. The highest BCUT2D eigenvalue weighted by Gasteiger charge is 2.25. The standard InChI is InChI=1S/C9H21ClOSi/c1-4-12(5-2,6-3)8-7-11-9-10/h4-9H2,1-3H3. The minimum absolute atomic E-state index is 0.349. The minimum atomic E-state index is -0.938. The van der Waals surface area contributed by atoms with Gasteiger partial charge >= 0.3 is 0 Å². The maximum Gasteiger partial charge on any atom is 0.120 e. The molecule has 0 fully saturated rings. The molecule has 0 aliphatic rings. The summed E-state index contributed by atoms with van der Waals surface area (Å²) in [5.74, 6) is 0. The molecular formula is C9H21ClOSi. The molecule has 0 unspecified atom stereocenters. The lowest BCUT2D eigenvalue weighted by Crippen LogP contribution is -2.32. The molecule has 0 aromatic carbocycles.